The average molecular weight is 326 g/mol. The van der Waals surface area contributed by atoms with Crippen LogP contribution in [0.3, 0.4) is 0 Å². The van der Waals surface area contributed by atoms with Gasteiger partial charge < -0.3 is 14.6 Å². The zero-order chi connectivity index (χ0) is 16.4. The van der Waals surface area contributed by atoms with Gasteiger partial charge in [0, 0.05) is 12.0 Å². The lowest BCUT2D eigenvalue weighted by atomic mass is 9.92. The minimum absolute atomic E-state index is 0.0504. The van der Waals surface area contributed by atoms with E-state index in [1.54, 1.807) is 0 Å². The van der Waals surface area contributed by atoms with Crippen LogP contribution in [0.25, 0.3) is 0 Å². The van der Waals surface area contributed by atoms with Crippen molar-refractivity contribution in [3.63, 3.8) is 0 Å². The normalized spacial score (nSPS) is 23.7. The molecule has 0 aliphatic heterocycles. The van der Waals surface area contributed by atoms with Crippen LogP contribution in [-0.2, 0) is 0 Å². The van der Waals surface area contributed by atoms with E-state index < -0.39 is 0 Å². The molecule has 5 heteroatoms. The van der Waals surface area contributed by atoms with E-state index in [1.807, 2.05) is 30.3 Å². The third-order valence-corrected chi connectivity index (χ3v) is 4.86. The van der Waals surface area contributed by atoms with Crippen molar-refractivity contribution in [2.75, 3.05) is 0 Å². The number of carbonyl (C=O) groups is 1. The summed E-state index contributed by atoms with van der Waals surface area (Å²) in [4.78, 5) is 12.5. The van der Waals surface area contributed by atoms with Crippen molar-refractivity contribution in [1.29, 1.82) is 0 Å². The van der Waals surface area contributed by atoms with Crippen molar-refractivity contribution in [1.82, 2.24) is 10.5 Å². The van der Waals surface area contributed by atoms with Gasteiger partial charge in [-0.05, 0) is 50.7 Å². The van der Waals surface area contributed by atoms with Crippen molar-refractivity contribution in [2.45, 2.75) is 56.6 Å². The van der Waals surface area contributed by atoms with E-state index in [2.05, 4.69) is 10.5 Å². The van der Waals surface area contributed by atoms with Gasteiger partial charge in [-0.15, -0.1) is 0 Å². The fourth-order valence-electron chi connectivity index (χ4n) is 3.35. The lowest BCUT2D eigenvalue weighted by Gasteiger charge is -2.29. The molecule has 0 spiro atoms. The zero-order valence-electron chi connectivity index (χ0n) is 13.6. The highest BCUT2D eigenvalue weighted by Crippen LogP contribution is 2.40. The predicted molar refractivity (Wildman–Crippen MR) is 89.1 cm³/mol. The van der Waals surface area contributed by atoms with Crippen LogP contribution >= 0.6 is 0 Å². The second kappa shape index (κ2) is 6.67. The number of benzene rings is 1. The summed E-state index contributed by atoms with van der Waals surface area (Å²) in [5, 5.41) is 7.13. The third-order valence-electron chi connectivity index (χ3n) is 4.86. The van der Waals surface area contributed by atoms with E-state index >= 15 is 0 Å². The highest BCUT2D eigenvalue weighted by atomic mass is 16.5. The van der Waals surface area contributed by atoms with Gasteiger partial charge >= 0.3 is 0 Å². The number of hydrogen-bond acceptors (Lipinski definition) is 4. The average Bonchev–Trinajstić information content (AvgIpc) is 3.34. The number of ether oxygens (including phenoxy) is 1. The molecular formula is C19H22N2O3. The molecule has 4 rings (SSSR count). The van der Waals surface area contributed by atoms with E-state index in [0.717, 1.165) is 50.0 Å². The molecule has 2 fully saturated rings. The van der Waals surface area contributed by atoms with Crippen molar-refractivity contribution in [3.8, 4) is 5.75 Å². The summed E-state index contributed by atoms with van der Waals surface area (Å²) >= 11 is 0. The van der Waals surface area contributed by atoms with Crippen molar-refractivity contribution < 1.29 is 14.1 Å². The molecule has 0 bridgehead atoms. The van der Waals surface area contributed by atoms with Gasteiger partial charge in [0.05, 0.1) is 11.8 Å². The van der Waals surface area contributed by atoms with Crippen LogP contribution in [0.5, 0.6) is 5.75 Å². The Morgan fingerprint density at radius 1 is 1.08 bits per heavy atom. The maximum Gasteiger partial charge on any atom is 0.256 e. The van der Waals surface area contributed by atoms with E-state index in [0.29, 0.717) is 11.5 Å². The fourth-order valence-corrected chi connectivity index (χ4v) is 3.35. The zero-order valence-corrected chi connectivity index (χ0v) is 13.6. The predicted octanol–water partition coefficient (Wildman–Crippen LogP) is 3.67. The lowest BCUT2D eigenvalue weighted by Crippen LogP contribution is -2.39. The van der Waals surface area contributed by atoms with E-state index in [4.69, 9.17) is 9.26 Å². The van der Waals surface area contributed by atoms with Crippen LogP contribution in [0.4, 0.5) is 0 Å². The van der Waals surface area contributed by atoms with Gasteiger partial charge in [-0.2, -0.15) is 0 Å². The van der Waals surface area contributed by atoms with Gasteiger partial charge in [-0.3, -0.25) is 4.79 Å². The largest absolute Gasteiger partial charge is 0.490 e. The molecule has 1 aromatic heterocycles. The minimum Gasteiger partial charge on any atom is -0.490 e. The molecule has 126 valence electrons. The molecule has 0 radical (unpaired) electrons. The summed E-state index contributed by atoms with van der Waals surface area (Å²) in [6.45, 7) is 0. The van der Waals surface area contributed by atoms with Crippen LogP contribution in [0.2, 0.25) is 0 Å². The maximum absolute atomic E-state index is 12.5. The Balaban J connectivity index is 1.28. The molecule has 1 N–H and O–H groups in total. The number of amides is 1. The summed E-state index contributed by atoms with van der Waals surface area (Å²) < 4.78 is 11.0. The summed E-state index contributed by atoms with van der Waals surface area (Å²) in [5.74, 6) is 1.29. The van der Waals surface area contributed by atoms with Gasteiger partial charge in [0.15, 0.2) is 0 Å². The standard InChI is InChI=1S/C19H22N2O3/c22-19(17-12-23-21-18(17)13-6-7-13)20-14-8-10-16(11-9-14)24-15-4-2-1-3-5-15/h1-5,12-14,16H,6-11H2,(H,20,22). The summed E-state index contributed by atoms with van der Waals surface area (Å²) in [6, 6.07) is 10.1. The van der Waals surface area contributed by atoms with Gasteiger partial charge in [0.2, 0.25) is 0 Å². The van der Waals surface area contributed by atoms with Crippen LogP contribution in [-0.4, -0.2) is 23.2 Å². The molecule has 0 unspecified atom stereocenters. The molecule has 2 aliphatic carbocycles. The molecule has 1 aromatic carbocycles. The second-order valence-electron chi connectivity index (χ2n) is 6.77. The number of para-hydroxylation sites is 1. The van der Waals surface area contributed by atoms with Crippen molar-refractivity contribution in [3.05, 3.63) is 47.9 Å². The first-order chi connectivity index (χ1) is 11.8. The summed E-state index contributed by atoms with van der Waals surface area (Å²) in [6.07, 6.45) is 7.72. The SMILES string of the molecule is O=C(NC1CCC(Oc2ccccc2)CC1)c1conc1C1CC1. The number of aromatic nitrogens is 1. The van der Waals surface area contributed by atoms with Crippen LogP contribution in [0, 0.1) is 0 Å². The highest BCUT2D eigenvalue weighted by molar-refractivity contribution is 5.95. The molecule has 0 saturated heterocycles. The molecule has 2 saturated carbocycles. The number of nitrogens with one attached hydrogen (secondary N) is 1. The number of carbonyl (C=O) groups excluding carboxylic acids is 1. The minimum atomic E-state index is -0.0504. The summed E-state index contributed by atoms with van der Waals surface area (Å²) in [7, 11) is 0. The Morgan fingerprint density at radius 2 is 1.83 bits per heavy atom. The first kappa shape index (κ1) is 15.2. The van der Waals surface area contributed by atoms with Crippen LogP contribution in [0.1, 0.15) is 60.5 Å². The maximum atomic E-state index is 12.5. The molecule has 1 amide bonds. The van der Waals surface area contributed by atoms with Gasteiger partial charge in [-0.1, -0.05) is 23.4 Å². The number of rotatable bonds is 5. The molecular weight excluding hydrogens is 304 g/mol. The molecule has 0 atom stereocenters. The molecule has 1 heterocycles. The first-order valence-electron chi connectivity index (χ1n) is 8.76. The smallest absolute Gasteiger partial charge is 0.256 e. The second-order valence-corrected chi connectivity index (χ2v) is 6.77. The number of nitrogens with zero attached hydrogens (tertiary/aromatic N) is 1. The molecule has 2 aromatic rings. The first-order valence-corrected chi connectivity index (χ1v) is 8.76. The van der Waals surface area contributed by atoms with Gasteiger partial charge in [-0.25, -0.2) is 0 Å². The Bertz CT molecular complexity index is 686. The Kier molecular flexibility index (Phi) is 4.24. The van der Waals surface area contributed by atoms with Crippen molar-refractivity contribution in [2.24, 2.45) is 0 Å². The van der Waals surface area contributed by atoms with Crippen LogP contribution in [0.15, 0.2) is 41.1 Å². The molecule has 2 aliphatic rings. The van der Waals surface area contributed by atoms with Crippen molar-refractivity contribution >= 4 is 5.91 Å². The topological polar surface area (TPSA) is 64.4 Å². The lowest BCUT2D eigenvalue weighted by molar-refractivity contribution is 0.0892. The Morgan fingerprint density at radius 3 is 2.54 bits per heavy atom. The molecule has 5 nitrogen and oxygen atoms in total. The Labute approximate surface area is 141 Å². The van der Waals surface area contributed by atoms with E-state index in [1.165, 1.54) is 6.26 Å². The molecule has 24 heavy (non-hydrogen) atoms. The van der Waals surface area contributed by atoms with Gasteiger partial charge in [0.25, 0.3) is 5.91 Å². The monoisotopic (exact) mass is 326 g/mol. The third kappa shape index (κ3) is 3.45. The van der Waals surface area contributed by atoms with E-state index in [9.17, 15) is 4.79 Å². The Hall–Kier alpha value is -2.30. The van der Waals surface area contributed by atoms with E-state index in [-0.39, 0.29) is 18.1 Å². The highest BCUT2D eigenvalue weighted by Gasteiger charge is 2.32. The van der Waals surface area contributed by atoms with Gasteiger partial charge in [0.1, 0.15) is 17.6 Å². The fraction of sp³-hybridized carbons (Fsp3) is 0.474. The number of hydrogen-bond donors (Lipinski definition) is 1. The quantitative estimate of drug-likeness (QED) is 0.910. The van der Waals surface area contributed by atoms with Crippen LogP contribution < -0.4 is 10.1 Å². The summed E-state index contributed by atoms with van der Waals surface area (Å²) in [5.41, 5.74) is 1.44.